The van der Waals surface area contributed by atoms with Gasteiger partial charge in [0.2, 0.25) is 5.69 Å². The van der Waals surface area contributed by atoms with Crippen LogP contribution >= 0.6 is 0 Å². The number of nitrogens with zero attached hydrogens (tertiary/aromatic N) is 1. The molecule has 2 aromatic carbocycles. The lowest BCUT2D eigenvalue weighted by molar-refractivity contribution is -0.608. The van der Waals surface area contributed by atoms with Gasteiger partial charge >= 0.3 is 0 Å². The normalized spacial score (nSPS) is 10.8. The van der Waals surface area contributed by atoms with Crippen LogP contribution in [-0.4, -0.2) is 0 Å². The SMILES string of the molecule is Cc1cccc(C)[n+]1-c1cccc2ccccc12. The molecular weight excluding hydrogens is 218 g/mol. The molecule has 0 saturated heterocycles. The zero-order chi connectivity index (χ0) is 12.5. The minimum atomic E-state index is 1.25. The first kappa shape index (κ1) is 11.0. The third kappa shape index (κ3) is 1.68. The molecule has 0 spiro atoms. The quantitative estimate of drug-likeness (QED) is 0.565. The number of benzene rings is 2. The Labute approximate surface area is 107 Å². The van der Waals surface area contributed by atoms with E-state index in [2.05, 4.69) is 79.1 Å². The molecule has 1 aromatic heterocycles. The summed E-state index contributed by atoms with van der Waals surface area (Å²) < 4.78 is 2.31. The minimum absolute atomic E-state index is 1.25. The monoisotopic (exact) mass is 234 g/mol. The molecule has 0 radical (unpaired) electrons. The molecule has 1 nitrogen and oxygen atoms in total. The number of rotatable bonds is 1. The second-order valence-corrected chi connectivity index (χ2v) is 4.64. The van der Waals surface area contributed by atoms with Crippen molar-refractivity contribution in [2.24, 2.45) is 0 Å². The number of aromatic nitrogens is 1. The highest BCUT2D eigenvalue weighted by molar-refractivity contribution is 5.88. The van der Waals surface area contributed by atoms with Crippen LogP contribution in [0.5, 0.6) is 0 Å². The summed E-state index contributed by atoms with van der Waals surface area (Å²) in [6, 6.07) is 21.4. The van der Waals surface area contributed by atoms with Crippen LogP contribution in [-0.2, 0) is 0 Å². The lowest BCUT2D eigenvalue weighted by Gasteiger charge is -2.06. The molecule has 0 aliphatic heterocycles. The van der Waals surface area contributed by atoms with Crippen LogP contribution in [0.4, 0.5) is 0 Å². The van der Waals surface area contributed by atoms with Crippen LogP contribution in [0.2, 0.25) is 0 Å². The zero-order valence-electron chi connectivity index (χ0n) is 10.7. The minimum Gasteiger partial charge on any atom is -0.162 e. The van der Waals surface area contributed by atoms with Gasteiger partial charge in [0, 0.05) is 32.0 Å². The van der Waals surface area contributed by atoms with E-state index in [1.165, 1.54) is 27.8 Å². The maximum absolute atomic E-state index is 2.31. The van der Waals surface area contributed by atoms with Crippen LogP contribution in [0.3, 0.4) is 0 Å². The van der Waals surface area contributed by atoms with Crippen molar-refractivity contribution in [2.75, 3.05) is 0 Å². The van der Waals surface area contributed by atoms with Crippen molar-refractivity contribution in [3.05, 3.63) is 72.1 Å². The summed E-state index contributed by atoms with van der Waals surface area (Å²) in [6.45, 7) is 4.30. The molecule has 3 rings (SSSR count). The van der Waals surface area contributed by atoms with Gasteiger partial charge in [-0.05, 0) is 17.5 Å². The number of hydrogen-bond acceptors (Lipinski definition) is 0. The molecule has 1 heteroatoms. The summed E-state index contributed by atoms with van der Waals surface area (Å²) in [5, 5.41) is 2.58. The van der Waals surface area contributed by atoms with Gasteiger partial charge in [-0.1, -0.05) is 30.3 Å². The molecule has 18 heavy (non-hydrogen) atoms. The Bertz CT molecular complexity index is 688. The largest absolute Gasteiger partial charge is 0.218 e. The first-order valence-electron chi connectivity index (χ1n) is 6.24. The molecular formula is C17H16N+. The van der Waals surface area contributed by atoms with Gasteiger partial charge in [-0.15, -0.1) is 0 Å². The topological polar surface area (TPSA) is 3.88 Å². The van der Waals surface area contributed by atoms with E-state index < -0.39 is 0 Å². The van der Waals surface area contributed by atoms with Gasteiger partial charge in [-0.3, -0.25) is 0 Å². The van der Waals surface area contributed by atoms with Gasteiger partial charge in [-0.2, -0.15) is 4.57 Å². The molecule has 1 heterocycles. The fraction of sp³-hybridized carbons (Fsp3) is 0.118. The van der Waals surface area contributed by atoms with Crippen LogP contribution in [0.15, 0.2) is 60.7 Å². The van der Waals surface area contributed by atoms with Crippen molar-refractivity contribution in [1.29, 1.82) is 0 Å². The van der Waals surface area contributed by atoms with Gasteiger partial charge in [0.05, 0.1) is 5.39 Å². The number of pyridine rings is 1. The van der Waals surface area contributed by atoms with Crippen LogP contribution < -0.4 is 4.57 Å². The molecule has 0 saturated carbocycles. The molecule has 88 valence electrons. The van der Waals surface area contributed by atoms with E-state index in [1.54, 1.807) is 0 Å². The summed E-state index contributed by atoms with van der Waals surface area (Å²) in [7, 11) is 0. The highest BCUT2D eigenvalue weighted by atomic mass is 15.0. The first-order valence-corrected chi connectivity index (χ1v) is 6.24. The number of aryl methyl sites for hydroxylation is 2. The number of hydrogen-bond donors (Lipinski definition) is 0. The first-order chi connectivity index (χ1) is 8.77. The van der Waals surface area contributed by atoms with Gasteiger partial charge in [0.15, 0.2) is 11.4 Å². The van der Waals surface area contributed by atoms with Crippen molar-refractivity contribution in [3.63, 3.8) is 0 Å². The standard InChI is InChI=1S/C17H16N/c1-13-7-5-8-14(2)18(13)17-12-6-10-15-9-3-4-11-16(15)17/h3-12H,1-2H3/q+1. The molecule has 0 atom stereocenters. The smallest absolute Gasteiger partial charge is 0.162 e. The Balaban J connectivity index is 2.39. The second kappa shape index (κ2) is 4.26. The molecule has 0 aliphatic rings. The van der Waals surface area contributed by atoms with Crippen molar-refractivity contribution >= 4 is 10.8 Å². The average molecular weight is 234 g/mol. The molecule has 0 unspecified atom stereocenters. The molecule has 0 amide bonds. The van der Waals surface area contributed by atoms with E-state index in [4.69, 9.17) is 0 Å². The highest BCUT2D eigenvalue weighted by Crippen LogP contribution is 2.19. The molecule has 0 bridgehead atoms. The summed E-state index contributed by atoms with van der Waals surface area (Å²) in [5.41, 5.74) is 3.77. The third-order valence-corrected chi connectivity index (χ3v) is 3.39. The molecule has 0 fully saturated rings. The van der Waals surface area contributed by atoms with Crippen molar-refractivity contribution in [2.45, 2.75) is 13.8 Å². The van der Waals surface area contributed by atoms with E-state index in [0.29, 0.717) is 0 Å². The van der Waals surface area contributed by atoms with E-state index in [0.717, 1.165) is 0 Å². The van der Waals surface area contributed by atoms with E-state index >= 15 is 0 Å². The van der Waals surface area contributed by atoms with Gasteiger partial charge < -0.3 is 0 Å². The van der Waals surface area contributed by atoms with Gasteiger partial charge in [0.1, 0.15) is 0 Å². The van der Waals surface area contributed by atoms with Crippen LogP contribution in [0.1, 0.15) is 11.4 Å². The molecule has 0 aliphatic carbocycles. The fourth-order valence-electron chi connectivity index (χ4n) is 2.54. The maximum Gasteiger partial charge on any atom is 0.218 e. The van der Waals surface area contributed by atoms with E-state index in [9.17, 15) is 0 Å². The molecule has 0 N–H and O–H groups in total. The summed E-state index contributed by atoms with van der Waals surface area (Å²) in [4.78, 5) is 0. The zero-order valence-corrected chi connectivity index (χ0v) is 10.7. The van der Waals surface area contributed by atoms with Crippen molar-refractivity contribution in [3.8, 4) is 5.69 Å². The Kier molecular flexibility index (Phi) is 2.60. The van der Waals surface area contributed by atoms with Crippen LogP contribution in [0.25, 0.3) is 16.5 Å². The second-order valence-electron chi connectivity index (χ2n) is 4.64. The Morgan fingerprint density at radius 1 is 0.667 bits per heavy atom. The predicted molar refractivity (Wildman–Crippen MR) is 75.0 cm³/mol. The summed E-state index contributed by atoms with van der Waals surface area (Å²) >= 11 is 0. The summed E-state index contributed by atoms with van der Waals surface area (Å²) in [5.74, 6) is 0. The van der Waals surface area contributed by atoms with Gasteiger partial charge in [0.25, 0.3) is 0 Å². The van der Waals surface area contributed by atoms with E-state index in [-0.39, 0.29) is 0 Å². The van der Waals surface area contributed by atoms with Crippen molar-refractivity contribution in [1.82, 2.24) is 0 Å². The van der Waals surface area contributed by atoms with Crippen molar-refractivity contribution < 1.29 is 4.57 Å². The summed E-state index contributed by atoms with van der Waals surface area (Å²) in [6.07, 6.45) is 0. The Hall–Kier alpha value is -2.15. The lowest BCUT2D eigenvalue weighted by Crippen LogP contribution is -2.37. The number of fused-ring (bicyclic) bond motifs is 1. The average Bonchev–Trinajstić information content (AvgIpc) is 2.39. The fourth-order valence-corrected chi connectivity index (χ4v) is 2.54. The highest BCUT2D eigenvalue weighted by Gasteiger charge is 2.15. The maximum atomic E-state index is 2.31. The lowest BCUT2D eigenvalue weighted by atomic mass is 10.1. The third-order valence-electron chi connectivity index (χ3n) is 3.39. The van der Waals surface area contributed by atoms with Crippen LogP contribution in [0, 0.1) is 13.8 Å². The predicted octanol–water partition coefficient (Wildman–Crippen LogP) is 3.73. The Morgan fingerprint density at radius 2 is 1.28 bits per heavy atom. The Morgan fingerprint density at radius 3 is 2.06 bits per heavy atom. The molecule has 3 aromatic rings. The van der Waals surface area contributed by atoms with Gasteiger partial charge in [-0.25, -0.2) is 0 Å². The van der Waals surface area contributed by atoms with E-state index in [1.807, 2.05) is 0 Å².